The molecule has 1 fully saturated rings. The van der Waals surface area contributed by atoms with Gasteiger partial charge in [-0.15, -0.1) is 11.3 Å². The van der Waals surface area contributed by atoms with Crippen molar-refractivity contribution in [2.24, 2.45) is 0 Å². The molecule has 3 rings (SSSR count). The van der Waals surface area contributed by atoms with Crippen molar-refractivity contribution in [1.29, 1.82) is 0 Å². The fourth-order valence-electron chi connectivity index (χ4n) is 2.60. The fourth-order valence-corrected chi connectivity index (χ4v) is 3.33. The molecule has 5 heteroatoms. The van der Waals surface area contributed by atoms with E-state index in [-0.39, 0.29) is 5.56 Å². The molecule has 112 valence electrons. The number of anilines is 1. The smallest absolute Gasteiger partial charge is 0.250 e. The van der Waals surface area contributed by atoms with Crippen LogP contribution in [0.3, 0.4) is 0 Å². The van der Waals surface area contributed by atoms with Gasteiger partial charge in [-0.1, -0.05) is 6.07 Å². The molecule has 0 atom stereocenters. The highest BCUT2D eigenvalue weighted by molar-refractivity contribution is 7.09. The Bertz CT molecular complexity index is 631. The van der Waals surface area contributed by atoms with Crippen molar-refractivity contribution in [3.63, 3.8) is 0 Å². The third kappa shape index (κ3) is 3.95. The minimum absolute atomic E-state index is 0.0282. The van der Waals surface area contributed by atoms with Crippen LogP contribution >= 0.6 is 11.3 Å². The van der Waals surface area contributed by atoms with Crippen LogP contribution in [0.2, 0.25) is 0 Å². The molecule has 1 aliphatic rings. The van der Waals surface area contributed by atoms with Crippen LogP contribution in [0.25, 0.3) is 0 Å². The lowest BCUT2D eigenvalue weighted by molar-refractivity contribution is 0.248. The number of nitrogens with two attached hydrogens (primary N) is 1. The zero-order valence-corrected chi connectivity index (χ0v) is 12.9. The molecule has 0 bridgehead atoms. The predicted octanol–water partition coefficient (Wildman–Crippen LogP) is 2.55. The number of aryl methyl sites for hydroxylation is 1. The number of hydrogen-bond donors (Lipinski definition) is 1. The predicted molar refractivity (Wildman–Crippen MR) is 87.5 cm³/mol. The average molecular weight is 303 g/mol. The molecular formula is C16H21N3OS. The molecule has 2 aromatic rings. The molecule has 0 saturated heterocycles. The van der Waals surface area contributed by atoms with Gasteiger partial charge in [0.15, 0.2) is 0 Å². The third-order valence-corrected chi connectivity index (χ3v) is 4.71. The molecule has 2 aromatic heterocycles. The molecule has 0 aromatic carbocycles. The number of thiophene rings is 1. The molecular weight excluding hydrogens is 282 g/mol. The Labute approximate surface area is 128 Å². The van der Waals surface area contributed by atoms with Crippen molar-refractivity contribution >= 4 is 17.0 Å². The Morgan fingerprint density at radius 2 is 2.19 bits per heavy atom. The van der Waals surface area contributed by atoms with Crippen LogP contribution in [-0.2, 0) is 13.1 Å². The summed E-state index contributed by atoms with van der Waals surface area (Å²) in [7, 11) is 0. The van der Waals surface area contributed by atoms with Gasteiger partial charge < -0.3 is 10.3 Å². The van der Waals surface area contributed by atoms with Crippen LogP contribution in [-0.4, -0.2) is 22.1 Å². The van der Waals surface area contributed by atoms with Crippen LogP contribution in [0.15, 0.2) is 40.6 Å². The first-order valence-corrected chi connectivity index (χ1v) is 8.33. The van der Waals surface area contributed by atoms with Gasteiger partial charge in [0, 0.05) is 48.5 Å². The molecule has 2 N–H and O–H groups in total. The van der Waals surface area contributed by atoms with Crippen LogP contribution < -0.4 is 11.3 Å². The number of pyridine rings is 1. The van der Waals surface area contributed by atoms with E-state index in [2.05, 4.69) is 22.4 Å². The Morgan fingerprint density at radius 3 is 2.90 bits per heavy atom. The summed E-state index contributed by atoms with van der Waals surface area (Å²) in [5, 5.41) is 2.13. The first-order valence-electron chi connectivity index (χ1n) is 7.45. The van der Waals surface area contributed by atoms with E-state index in [1.807, 2.05) is 11.3 Å². The van der Waals surface area contributed by atoms with E-state index < -0.39 is 0 Å². The highest BCUT2D eigenvalue weighted by Crippen LogP contribution is 2.29. The molecule has 0 radical (unpaired) electrons. The lowest BCUT2D eigenvalue weighted by atomic mass is 10.3. The molecule has 0 unspecified atom stereocenters. The van der Waals surface area contributed by atoms with E-state index in [1.54, 1.807) is 22.9 Å². The first-order chi connectivity index (χ1) is 10.2. The number of nitrogens with zero attached hydrogens (tertiary/aromatic N) is 2. The highest BCUT2D eigenvalue weighted by Gasteiger charge is 2.28. The van der Waals surface area contributed by atoms with Crippen molar-refractivity contribution in [2.75, 3.05) is 12.3 Å². The molecule has 2 heterocycles. The van der Waals surface area contributed by atoms with Gasteiger partial charge in [0.05, 0.1) is 0 Å². The highest BCUT2D eigenvalue weighted by atomic mass is 32.1. The Balaban J connectivity index is 1.55. The molecule has 0 spiro atoms. The topological polar surface area (TPSA) is 51.3 Å². The summed E-state index contributed by atoms with van der Waals surface area (Å²) in [6.45, 7) is 2.80. The van der Waals surface area contributed by atoms with Gasteiger partial charge in [-0.2, -0.15) is 0 Å². The Hall–Kier alpha value is -1.59. The summed E-state index contributed by atoms with van der Waals surface area (Å²) in [6, 6.07) is 8.25. The first kappa shape index (κ1) is 14.4. The standard InChI is InChI=1S/C16H21N3OS/c17-13-4-7-16(20)19(11-13)9-2-8-18(14-5-6-14)12-15-3-1-10-21-15/h1,3-4,7,10-11,14H,2,5-6,8-9,12,17H2. The third-order valence-electron chi connectivity index (χ3n) is 3.85. The minimum Gasteiger partial charge on any atom is -0.398 e. The second-order valence-corrected chi connectivity index (χ2v) is 6.66. The lowest BCUT2D eigenvalue weighted by Gasteiger charge is -2.21. The SMILES string of the molecule is Nc1ccc(=O)n(CCCN(Cc2cccs2)C2CC2)c1. The lowest BCUT2D eigenvalue weighted by Crippen LogP contribution is -2.28. The molecule has 4 nitrogen and oxygen atoms in total. The maximum Gasteiger partial charge on any atom is 0.250 e. The molecule has 0 amide bonds. The number of hydrogen-bond acceptors (Lipinski definition) is 4. The van der Waals surface area contributed by atoms with E-state index >= 15 is 0 Å². The molecule has 0 aliphatic heterocycles. The monoisotopic (exact) mass is 303 g/mol. The van der Waals surface area contributed by atoms with Crippen molar-refractivity contribution in [3.05, 3.63) is 51.1 Å². The zero-order valence-electron chi connectivity index (χ0n) is 12.1. The van der Waals surface area contributed by atoms with Gasteiger partial charge in [-0.05, 0) is 36.8 Å². The minimum atomic E-state index is 0.0282. The maximum atomic E-state index is 11.7. The van der Waals surface area contributed by atoms with Gasteiger partial charge in [0.25, 0.3) is 5.56 Å². The van der Waals surface area contributed by atoms with Gasteiger partial charge in [0.2, 0.25) is 0 Å². The van der Waals surface area contributed by atoms with Crippen molar-refractivity contribution in [2.45, 2.75) is 38.4 Å². The quantitative estimate of drug-likeness (QED) is 0.855. The molecule has 1 aliphatic carbocycles. The molecule has 1 saturated carbocycles. The van der Waals surface area contributed by atoms with Crippen molar-refractivity contribution < 1.29 is 0 Å². The van der Waals surface area contributed by atoms with Gasteiger partial charge in [-0.25, -0.2) is 0 Å². The maximum absolute atomic E-state index is 11.7. The van der Waals surface area contributed by atoms with Gasteiger partial charge >= 0.3 is 0 Å². The van der Waals surface area contributed by atoms with Crippen LogP contribution in [0, 0.1) is 0 Å². The normalized spacial score (nSPS) is 14.7. The number of rotatable bonds is 7. The summed E-state index contributed by atoms with van der Waals surface area (Å²) >= 11 is 1.82. The average Bonchev–Trinajstić information content (AvgIpc) is 3.19. The van der Waals surface area contributed by atoms with Gasteiger partial charge in [-0.3, -0.25) is 9.69 Å². The summed E-state index contributed by atoms with van der Waals surface area (Å²) in [4.78, 5) is 15.7. The second kappa shape index (κ2) is 6.45. The van der Waals surface area contributed by atoms with Crippen molar-refractivity contribution in [1.82, 2.24) is 9.47 Å². The fraction of sp³-hybridized carbons (Fsp3) is 0.438. The summed E-state index contributed by atoms with van der Waals surface area (Å²) < 4.78 is 1.71. The van der Waals surface area contributed by atoms with E-state index in [1.165, 1.54) is 17.7 Å². The van der Waals surface area contributed by atoms with Crippen LogP contribution in [0.1, 0.15) is 24.1 Å². The van der Waals surface area contributed by atoms with E-state index in [4.69, 9.17) is 5.73 Å². The zero-order chi connectivity index (χ0) is 14.7. The summed E-state index contributed by atoms with van der Waals surface area (Å²) in [5.74, 6) is 0. The van der Waals surface area contributed by atoms with Crippen molar-refractivity contribution in [3.8, 4) is 0 Å². The Kier molecular flexibility index (Phi) is 4.41. The summed E-state index contributed by atoms with van der Waals surface area (Å²) in [6.07, 6.45) is 5.33. The van der Waals surface area contributed by atoms with E-state index in [9.17, 15) is 4.79 Å². The largest absolute Gasteiger partial charge is 0.398 e. The summed E-state index contributed by atoms with van der Waals surface area (Å²) in [5.41, 5.74) is 6.41. The van der Waals surface area contributed by atoms with Crippen LogP contribution in [0.4, 0.5) is 5.69 Å². The second-order valence-electron chi connectivity index (χ2n) is 5.63. The number of nitrogen functional groups attached to an aromatic ring is 1. The van der Waals surface area contributed by atoms with E-state index in [0.717, 1.165) is 32.1 Å². The molecule has 21 heavy (non-hydrogen) atoms. The number of aromatic nitrogens is 1. The Morgan fingerprint density at radius 1 is 1.33 bits per heavy atom. The van der Waals surface area contributed by atoms with Gasteiger partial charge in [0.1, 0.15) is 0 Å². The van der Waals surface area contributed by atoms with E-state index in [0.29, 0.717) is 5.69 Å². The van der Waals surface area contributed by atoms with Crippen LogP contribution in [0.5, 0.6) is 0 Å².